The van der Waals surface area contributed by atoms with E-state index in [1.807, 2.05) is 0 Å². The third-order valence-electron chi connectivity index (χ3n) is 6.27. The standard InChI is InChI=1S/C28H34O/c1-5-21(4)28-25(16-18-27(28)24-9-7-6-8-10-24)15-17-26(29)19-22-11-13-23(14-12-22)20(2)3/h6-14,16,18,20-21,28H,5,15,17,19H2,1-4H3. The molecule has 0 aromatic heterocycles. The molecule has 2 aromatic rings. The maximum atomic E-state index is 12.6. The summed E-state index contributed by atoms with van der Waals surface area (Å²) in [5, 5.41) is 0. The molecule has 0 amide bonds. The van der Waals surface area contributed by atoms with E-state index in [9.17, 15) is 4.79 Å². The van der Waals surface area contributed by atoms with Gasteiger partial charge in [-0.05, 0) is 40.5 Å². The minimum atomic E-state index is 0.333. The molecule has 0 bridgehead atoms. The molecule has 1 aliphatic carbocycles. The number of ketones is 1. The minimum absolute atomic E-state index is 0.333. The molecular formula is C28H34O. The lowest BCUT2D eigenvalue weighted by molar-refractivity contribution is -0.118. The van der Waals surface area contributed by atoms with E-state index in [-0.39, 0.29) is 0 Å². The van der Waals surface area contributed by atoms with Gasteiger partial charge in [0.05, 0.1) is 0 Å². The maximum Gasteiger partial charge on any atom is 0.137 e. The average Bonchev–Trinajstić information content (AvgIpc) is 3.16. The van der Waals surface area contributed by atoms with Crippen molar-refractivity contribution in [3.8, 4) is 0 Å². The van der Waals surface area contributed by atoms with Crippen molar-refractivity contribution in [2.24, 2.45) is 11.8 Å². The first-order valence-electron chi connectivity index (χ1n) is 11.1. The summed E-state index contributed by atoms with van der Waals surface area (Å²) in [7, 11) is 0. The molecule has 0 fully saturated rings. The van der Waals surface area contributed by atoms with Crippen molar-refractivity contribution in [3.63, 3.8) is 0 Å². The van der Waals surface area contributed by atoms with Crippen LogP contribution >= 0.6 is 0 Å². The Morgan fingerprint density at radius 1 is 0.931 bits per heavy atom. The summed E-state index contributed by atoms with van der Waals surface area (Å²) in [6.07, 6.45) is 7.72. The van der Waals surface area contributed by atoms with Crippen LogP contribution in [0.5, 0.6) is 0 Å². The van der Waals surface area contributed by atoms with E-state index in [1.165, 1.54) is 22.3 Å². The second-order valence-electron chi connectivity index (χ2n) is 8.70. The Labute approximate surface area is 176 Å². The molecule has 1 aliphatic rings. The summed E-state index contributed by atoms with van der Waals surface area (Å²) < 4.78 is 0. The van der Waals surface area contributed by atoms with Crippen LogP contribution in [0.3, 0.4) is 0 Å². The van der Waals surface area contributed by atoms with E-state index >= 15 is 0 Å². The zero-order valence-corrected chi connectivity index (χ0v) is 18.3. The van der Waals surface area contributed by atoms with Gasteiger partial charge in [-0.2, -0.15) is 0 Å². The monoisotopic (exact) mass is 386 g/mol. The Kier molecular flexibility index (Phi) is 7.25. The molecule has 0 aliphatic heterocycles. The molecule has 1 nitrogen and oxygen atoms in total. The predicted octanol–water partition coefficient (Wildman–Crippen LogP) is 7.39. The van der Waals surface area contributed by atoms with Crippen molar-refractivity contribution in [1.82, 2.24) is 0 Å². The Morgan fingerprint density at radius 3 is 2.24 bits per heavy atom. The minimum Gasteiger partial charge on any atom is -0.299 e. The quantitative estimate of drug-likeness (QED) is 0.439. The summed E-state index contributed by atoms with van der Waals surface area (Å²) in [5.74, 6) is 1.87. The number of allylic oxidation sites excluding steroid dienone is 4. The van der Waals surface area contributed by atoms with Gasteiger partial charge >= 0.3 is 0 Å². The number of carbonyl (C=O) groups excluding carboxylic acids is 1. The highest BCUT2D eigenvalue weighted by atomic mass is 16.1. The van der Waals surface area contributed by atoms with Crippen molar-refractivity contribution >= 4 is 11.4 Å². The molecule has 0 spiro atoms. The van der Waals surface area contributed by atoms with E-state index in [2.05, 4.69) is 94.4 Å². The van der Waals surface area contributed by atoms with Crippen molar-refractivity contribution in [3.05, 3.63) is 89.0 Å². The van der Waals surface area contributed by atoms with E-state index in [0.29, 0.717) is 36.4 Å². The first-order valence-corrected chi connectivity index (χ1v) is 11.1. The zero-order chi connectivity index (χ0) is 20.8. The highest BCUT2D eigenvalue weighted by molar-refractivity contribution is 5.82. The molecular weight excluding hydrogens is 352 g/mol. The molecule has 2 unspecified atom stereocenters. The summed E-state index contributed by atoms with van der Waals surface area (Å²) in [5.41, 5.74) is 6.59. The molecule has 0 saturated heterocycles. The van der Waals surface area contributed by atoms with Gasteiger partial charge in [-0.25, -0.2) is 0 Å². The van der Waals surface area contributed by atoms with Crippen LogP contribution in [0.2, 0.25) is 0 Å². The molecule has 2 atom stereocenters. The number of carbonyl (C=O) groups is 1. The molecule has 0 radical (unpaired) electrons. The van der Waals surface area contributed by atoms with Crippen LogP contribution in [0, 0.1) is 11.8 Å². The predicted molar refractivity (Wildman–Crippen MR) is 124 cm³/mol. The highest BCUT2D eigenvalue weighted by Gasteiger charge is 2.28. The van der Waals surface area contributed by atoms with Gasteiger partial charge in [-0.1, -0.05) is 106 Å². The first kappa shape index (κ1) is 21.3. The second kappa shape index (κ2) is 9.87. The van der Waals surface area contributed by atoms with Crippen LogP contribution in [0.4, 0.5) is 0 Å². The third kappa shape index (κ3) is 5.35. The number of benzene rings is 2. The van der Waals surface area contributed by atoms with Crippen LogP contribution < -0.4 is 0 Å². The molecule has 29 heavy (non-hydrogen) atoms. The fourth-order valence-corrected chi connectivity index (χ4v) is 4.28. The smallest absolute Gasteiger partial charge is 0.137 e. The molecule has 0 heterocycles. The van der Waals surface area contributed by atoms with Gasteiger partial charge in [0.15, 0.2) is 0 Å². The fraction of sp³-hybridized carbons (Fsp3) is 0.393. The molecule has 1 heteroatoms. The molecule has 2 aromatic carbocycles. The average molecular weight is 387 g/mol. The Hall–Kier alpha value is -2.41. The van der Waals surface area contributed by atoms with Gasteiger partial charge in [-0.15, -0.1) is 0 Å². The summed E-state index contributed by atoms with van der Waals surface area (Å²) >= 11 is 0. The Balaban J connectivity index is 1.61. The zero-order valence-electron chi connectivity index (χ0n) is 18.3. The highest BCUT2D eigenvalue weighted by Crippen LogP contribution is 2.42. The Morgan fingerprint density at radius 2 is 1.62 bits per heavy atom. The van der Waals surface area contributed by atoms with E-state index < -0.39 is 0 Å². The lowest BCUT2D eigenvalue weighted by Crippen LogP contribution is -2.15. The SMILES string of the molecule is CCC(C)C1C(CCC(=O)Cc2ccc(C(C)C)cc2)=CC=C1c1ccccc1. The van der Waals surface area contributed by atoms with Crippen molar-refractivity contribution in [2.45, 2.75) is 59.3 Å². The molecule has 152 valence electrons. The van der Waals surface area contributed by atoms with Crippen LogP contribution in [0.15, 0.2) is 72.3 Å². The van der Waals surface area contributed by atoms with Crippen LogP contribution in [0.25, 0.3) is 5.57 Å². The maximum absolute atomic E-state index is 12.6. The van der Waals surface area contributed by atoms with Gasteiger partial charge in [0.2, 0.25) is 0 Å². The van der Waals surface area contributed by atoms with Crippen LogP contribution in [-0.4, -0.2) is 5.78 Å². The van der Waals surface area contributed by atoms with E-state index in [1.54, 1.807) is 0 Å². The number of rotatable bonds is 9. The lowest BCUT2D eigenvalue weighted by Gasteiger charge is -2.25. The van der Waals surface area contributed by atoms with Gasteiger partial charge in [0, 0.05) is 18.8 Å². The number of hydrogen-bond donors (Lipinski definition) is 0. The number of Topliss-reactive ketones (excluding diaryl/α,β-unsaturated/α-hetero) is 1. The van der Waals surface area contributed by atoms with Crippen molar-refractivity contribution < 1.29 is 4.79 Å². The largest absolute Gasteiger partial charge is 0.299 e. The van der Waals surface area contributed by atoms with Crippen molar-refractivity contribution in [2.75, 3.05) is 0 Å². The lowest BCUT2D eigenvalue weighted by atomic mass is 9.78. The third-order valence-corrected chi connectivity index (χ3v) is 6.27. The summed E-state index contributed by atoms with van der Waals surface area (Å²) in [6.45, 7) is 8.98. The molecule has 3 rings (SSSR count). The van der Waals surface area contributed by atoms with Gasteiger partial charge < -0.3 is 0 Å². The summed E-state index contributed by atoms with van der Waals surface area (Å²) in [6, 6.07) is 19.2. The topological polar surface area (TPSA) is 17.1 Å². The molecule has 0 N–H and O–H groups in total. The number of hydrogen-bond acceptors (Lipinski definition) is 1. The van der Waals surface area contributed by atoms with Gasteiger partial charge in [0.25, 0.3) is 0 Å². The Bertz CT molecular complexity index is 868. The van der Waals surface area contributed by atoms with Gasteiger partial charge in [-0.3, -0.25) is 4.79 Å². The second-order valence-corrected chi connectivity index (χ2v) is 8.70. The van der Waals surface area contributed by atoms with Crippen molar-refractivity contribution in [1.29, 1.82) is 0 Å². The summed E-state index contributed by atoms with van der Waals surface area (Å²) in [4.78, 5) is 12.6. The van der Waals surface area contributed by atoms with E-state index in [4.69, 9.17) is 0 Å². The normalized spacial score (nSPS) is 17.2. The fourth-order valence-electron chi connectivity index (χ4n) is 4.28. The first-order chi connectivity index (χ1) is 14.0. The van der Waals surface area contributed by atoms with Crippen LogP contribution in [0.1, 0.15) is 69.6 Å². The van der Waals surface area contributed by atoms with E-state index in [0.717, 1.165) is 18.4 Å². The van der Waals surface area contributed by atoms with Crippen LogP contribution in [-0.2, 0) is 11.2 Å². The van der Waals surface area contributed by atoms with Gasteiger partial charge in [0.1, 0.15) is 5.78 Å². The molecule has 0 saturated carbocycles.